The van der Waals surface area contributed by atoms with Crippen LogP contribution in [0, 0.1) is 12.8 Å². The zero-order chi connectivity index (χ0) is 23.1. The quantitative estimate of drug-likeness (QED) is 0.501. The molecular weight excluding hydrogens is 402 g/mol. The molecule has 7 heteroatoms. The predicted molar refractivity (Wildman–Crippen MR) is 130 cm³/mol. The highest BCUT2D eigenvalue weighted by Crippen LogP contribution is 2.28. The molecule has 1 saturated carbocycles. The van der Waals surface area contributed by atoms with Crippen molar-refractivity contribution in [2.24, 2.45) is 10.9 Å². The van der Waals surface area contributed by atoms with E-state index in [0.29, 0.717) is 18.4 Å². The monoisotopic (exact) mass is 443 g/mol. The normalized spacial score (nSPS) is 18.3. The molecule has 1 aliphatic carbocycles. The first-order valence-electron chi connectivity index (χ1n) is 12.0. The van der Waals surface area contributed by atoms with Crippen molar-refractivity contribution in [2.75, 3.05) is 46.3 Å². The molecule has 1 saturated heterocycles. The van der Waals surface area contributed by atoms with Crippen LogP contribution in [0.25, 0.3) is 0 Å². The minimum Gasteiger partial charge on any atom is -0.488 e. The first-order valence-corrected chi connectivity index (χ1v) is 12.0. The van der Waals surface area contributed by atoms with E-state index in [1.807, 2.05) is 0 Å². The van der Waals surface area contributed by atoms with Gasteiger partial charge in [-0.25, -0.2) is 0 Å². The number of nitrogens with zero attached hydrogens (tertiary/aromatic N) is 3. The SMILES string of the molecule is CN=C(NCCN1CCN(C(=O)C2CCC2)CC1)NCc1ccc(C)cc1OC(C)(C)C. The summed E-state index contributed by atoms with van der Waals surface area (Å²) in [5, 5.41) is 6.82. The van der Waals surface area contributed by atoms with Gasteiger partial charge in [0, 0.05) is 64.3 Å². The Hall–Kier alpha value is -2.28. The van der Waals surface area contributed by atoms with Crippen molar-refractivity contribution in [1.29, 1.82) is 0 Å². The number of benzene rings is 1. The first-order chi connectivity index (χ1) is 15.2. The number of aliphatic imine (C=N–C) groups is 1. The summed E-state index contributed by atoms with van der Waals surface area (Å²) < 4.78 is 6.16. The summed E-state index contributed by atoms with van der Waals surface area (Å²) in [4.78, 5) is 21.2. The van der Waals surface area contributed by atoms with Crippen molar-refractivity contribution in [3.05, 3.63) is 29.3 Å². The van der Waals surface area contributed by atoms with Gasteiger partial charge in [-0.3, -0.25) is 14.7 Å². The molecule has 2 N–H and O–H groups in total. The van der Waals surface area contributed by atoms with E-state index in [1.165, 1.54) is 12.0 Å². The van der Waals surface area contributed by atoms with E-state index >= 15 is 0 Å². The summed E-state index contributed by atoms with van der Waals surface area (Å²) in [7, 11) is 1.79. The summed E-state index contributed by atoms with van der Waals surface area (Å²) >= 11 is 0. The summed E-state index contributed by atoms with van der Waals surface area (Å²) in [6.07, 6.45) is 3.38. The van der Waals surface area contributed by atoms with Crippen LogP contribution in [0.5, 0.6) is 5.75 Å². The van der Waals surface area contributed by atoms with Crippen LogP contribution in [-0.2, 0) is 11.3 Å². The number of guanidine groups is 1. The summed E-state index contributed by atoms with van der Waals surface area (Å²) in [6.45, 7) is 14.3. The van der Waals surface area contributed by atoms with Crippen LogP contribution >= 0.6 is 0 Å². The van der Waals surface area contributed by atoms with Crippen LogP contribution in [-0.4, -0.2) is 73.6 Å². The molecule has 1 amide bonds. The Kier molecular flexibility index (Phi) is 8.40. The van der Waals surface area contributed by atoms with Crippen molar-refractivity contribution in [2.45, 2.75) is 59.1 Å². The second kappa shape index (κ2) is 11.0. The molecule has 1 aromatic rings. The maximum Gasteiger partial charge on any atom is 0.225 e. The number of aryl methyl sites for hydroxylation is 1. The average molecular weight is 444 g/mol. The molecule has 0 bridgehead atoms. The molecule has 1 aliphatic heterocycles. The number of carbonyl (C=O) groups is 1. The maximum absolute atomic E-state index is 12.4. The zero-order valence-corrected chi connectivity index (χ0v) is 20.5. The number of hydrogen-bond acceptors (Lipinski definition) is 4. The molecule has 178 valence electrons. The third-order valence-corrected chi connectivity index (χ3v) is 6.17. The van der Waals surface area contributed by atoms with Crippen molar-refractivity contribution in [3.63, 3.8) is 0 Å². The highest BCUT2D eigenvalue weighted by Gasteiger charge is 2.31. The highest BCUT2D eigenvalue weighted by atomic mass is 16.5. The van der Waals surface area contributed by atoms with Crippen molar-refractivity contribution < 1.29 is 9.53 Å². The summed E-state index contributed by atoms with van der Waals surface area (Å²) in [6, 6.07) is 6.31. The van der Waals surface area contributed by atoms with Crippen molar-refractivity contribution in [1.82, 2.24) is 20.4 Å². The molecule has 3 rings (SSSR count). The fourth-order valence-electron chi connectivity index (χ4n) is 4.07. The zero-order valence-electron chi connectivity index (χ0n) is 20.5. The second-order valence-electron chi connectivity index (χ2n) is 9.97. The van der Waals surface area contributed by atoms with Crippen LogP contribution in [0.15, 0.2) is 23.2 Å². The van der Waals surface area contributed by atoms with E-state index in [4.69, 9.17) is 4.74 Å². The lowest BCUT2D eigenvalue weighted by molar-refractivity contribution is -0.139. The number of piperazine rings is 1. The molecule has 1 heterocycles. The van der Waals surface area contributed by atoms with Crippen molar-refractivity contribution in [3.8, 4) is 5.75 Å². The Morgan fingerprint density at radius 3 is 2.47 bits per heavy atom. The predicted octanol–water partition coefficient (Wildman–Crippen LogP) is 2.78. The second-order valence-corrected chi connectivity index (χ2v) is 9.97. The Morgan fingerprint density at radius 2 is 1.88 bits per heavy atom. The third kappa shape index (κ3) is 7.12. The summed E-state index contributed by atoms with van der Waals surface area (Å²) in [5.74, 6) is 2.38. The molecule has 0 atom stereocenters. The van der Waals surface area contributed by atoms with E-state index in [2.05, 4.69) is 71.3 Å². The average Bonchev–Trinajstić information content (AvgIpc) is 2.69. The lowest BCUT2D eigenvalue weighted by Crippen LogP contribution is -2.52. The minimum absolute atomic E-state index is 0.241. The number of hydrogen-bond donors (Lipinski definition) is 2. The molecular formula is C25H41N5O2. The van der Waals surface area contributed by atoms with Gasteiger partial charge >= 0.3 is 0 Å². The third-order valence-electron chi connectivity index (χ3n) is 6.17. The standard InChI is InChI=1S/C25H41N5O2/c1-19-9-10-21(22(17-19)32-25(2,3)4)18-28-24(26-5)27-11-12-29-13-15-30(16-14-29)23(31)20-7-6-8-20/h9-10,17,20H,6-8,11-16,18H2,1-5H3,(H2,26,27,28). The number of ether oxygens (including phenoxy) is 1. The van der Waals surface area contributed by atoms with Crippen molar-refractivity contribution >= 4 is 11.9 Å². The van der Waals surface area contributed by atoms with Gasteiger partial charge in [-0.2, -0.15) is 0 Å². The van der Waals surface area contributed by atoms with E-state index in [0.717, 1.165) is 69.4 Å². The Bertz CT molecular complexity index is 790. The Morgan fingerprint density at radius 1 is 1.16 bits per heavy atom. The molecule has 0 spiro atoms. The Labute approximate surface area is 193 Å². The van der Waals surface area contributed by atoms with Crippen LogP contribution in [0.1, 0.15) is 51.2 Å². The van der Waals surface area contributed by atoms with Crippen LogP contribution in [0.2, 0.25) is 0 Å². The fraction of sp³-hybridized carbons (Fsp3) is 0.680. The molecule has 32 heavy (non-hydrogen) atoms. The maximum atomic E-state index is 12.4. The molecule has 0 aromatic heterocycles. The van der Waals surface area contributed by atoms with Gasteiger partial charge in [0.2, 0.25) is 5.91 Å². The number of amides is 1. The van der Waals surface area contributed by atoms with Gasteiger partial charge < -0.3 is 20.3 Å². The number of carbonyl (C=O) groups excluding carboxylic acids is 1. The first kappa shape index (κ1) is 24.4. The van der Waals surface area contributed by atoms with Gasteiger partial charge in [0.15, 0.2) is 5.96 Å². The lowest BCUT2D eigenvalue weighted by atomic mass is 9.84. The molecule has 2 fully saturated rings. The fourth-order valence-corrected chi connectivity index (χ4v) is 4.07. The van der Waals surface area contributed by atoms with Gasteiger partial charge in [-0.15, -0.1) is 0 Å². The topological polar surface area (TPSA) is 69.2 Å². The molecule has 0 radical (unpaired) electrons. The van der Waals surface area contributed by atoms with E-state index in [-0.39, 0.29) is 5.60 Å². The van der Waals surface area contributed by atoms with E-state index in [9.17, 15) is 4.79 Å². The largest absolute Gasteiger partial charge is 0.488 e. The van der Waals surface area contributed by atoms with E-state index in [1.54, 1.807) is 7.05 Å². The minimum atomic E-state index is -0.241. The molecule has 1 aromatic carbocycles. The van der Waals surface area contributed by atoms with Gasteiger partial charge in [0.1, 0.15) is 11.4 Å². The van der Waals surface area contributed by atoms with Gasteiger partial charge in [0.05, 0.1) is 0 Å². The van der Waals surface area contributed by atoms with Gasteiger partial charge in [-0.05, 0) is 52.2 Å². The van der Waals surface area contributed by atoms with Gasteiger partial charge in [0.25, 0.3) is 0 Å². The number of rotatable bonds is 7. The van der Waals surface area contributed by atoms with Crippen LogP contribution < -0.4 is 15.4 Å². The van der Waals surface area contributed by atoms with Crippen LogP contribution in [0.3, 0.4) is 0 Å². The highest BCUT2D eigenvalue weighted by molar-refractivity contribution is 5.80. The summed E-state index contributed by atoms with van der Waals surface area (Å²) in [5.41, 5.74) is 2.06. The Balaban J connectivity index is 1.40. The molecule has 7 nitrogen and oxygen atoms in total. The lowest BCUT2D eigenvalue weighted by Gasteiger charge is -2.38. The smallest absolute Gasteiger partial charge is 0.225 e. The molecule has 2 aliphatic rings. The molecule has 0 unspecified atom stereocenters. The number of nitrogens with one attached hydrogen (secondary N) is 2. The van der Waals surface area contributed by atoms with Crippen LogP contribution in [0.4, 0.5) is 0 Å². The van der Waals surface area contributed by atoms with E-state index < -0.39 is 0 Å². The van der Waals surface area contributed by atoms with Gasteiger partial charge in [-0.1, -0.05) is 18.6 Å².